The molecule has 1 N–H and O–H groups in total. The predicted octanol–water partition coefficient (Wildman–Crippen LogP) is 2.87. The Hall–Kier alpha value is -1.36. The Labute approximate surface area is 124 Å². The monoisotopic (exact) mass is 288 g/mol. The fraction of sp³-hybridized carbons (Fsp3) is 0.375. The van der Waals surface area contributed by atoms with Crippen LogP contribution in [-0.2, 0) is 17.8 Å². The van der Waals surface area contributed by atoms with E-state index in [2.05, 4.69) is 51.3 Å². The molecular weight excluding hydrogens is 268 g/mol. The first-order valence-corrected chi connectivity index (χ1v) is 7.99. The Kier molecular flexibility index (Phi) is 4.69. The zero-order valence-electron chi connectivity index (χ0n) is 11.5. The molecule has 3 rings (SSSR count). The highest BCUT2D eigenvalue weighted by Crippen LogP contribution is 2.16. The van der Waals surface area contributed by atoms with Crippen molar-refractivity contribution >= 4 is 17.0 Å². The maximum atomic E-state index is 5.38. The van der Waals surface area contributed by atoms with Gasteiger partial charge >= 0.3 is 0 Å². The zero-order valence-corrected chi connectivity index (χ0v) is 12.4. The minimum absolute atomic E-state index is 0.837. The molecule has 0 bridgehead atoms. The van der Waals surface area contributed by atoms with E-state index in [9.17, 15) is 0 Å². The van der Waals surface area contributed by atoms with Crippen molar-refractivity contribution in [1.82, 2.24) is 5.32 Å². The van der Waals surface area contributed by atoms with Crippen LogP contribution in [0.15, 0.2) is 41.1 Å². The molecule has 1 saturated heterocycles. The van der Waals surface area contributed by atoms with Gasteiger partial charge in [-0.15, -0.1) is 0 Å². The summed E-state index contributed by atoms with van der Waals surface area (Å²) in [7, 11) is 0. The van der Waals surface area contributed by atoms with Gasteiger partial charge in [-0.05, 0) is 40.1 Å². The van der Waals surface area contributed by atoms with Gasteiger partial charge in [0.25, 0.3) is 0 Å². The molecule has 1 aliphatic rings. The Bertz CT molecular complexity index is 504. The van der Waals surface area contributed by atoms with Crippen molar-refractivity contribution in [3.05, 3.63) is 52.2 Å². The Morgan fingerprint density at radius 3 is 2.45 bits per heavy atom. The molecule has 2 heterocycles. The Balaban J connectivity index is 1.50. The summed E-state index contributed by atoms with van der Waals surface area (Å²) in [6.45, 7) is 5.52. The van der Waals surface area contributed by atoms with Crippen LogP contribution in [0.3, 0.4) is 0 Å². The zero-order chi connectivity index (χ0) is 13.6. The Morgan fingerprint density at radius 1 is 1.00 bits per heavy atom. The Morgan fingerprint density at radius 2 is 1.75 bits per heavy atom. The second kappa shape index (κ2) is 6.88. The molecule has 3 nitrogen and oxygen atoms in total. The molecule has 0 aliphatic carbocycles. The quantitative estimate of drug-likeness (QED) is 0.915. The average Bonchev–Trinajstić information content (AvgIpc) is 3.02. The highest BCUT2D eigenvalue weighted by Gasteiger charge is 2.10. The summed E-state index contributed by atoms with van der Waals surface area (Å²) < 4.78 is 5.38. The third kappa shape index (κ3) is 3.60. The third-order valence-corrected chi connectivity index (χ3v) is 4.28. The fourth-order valence-corrected chi connectivity index (χ4v) is 3.06. The number of rotatable bonds is 5. The normalized spacial score (nSPS) is 15.5. The van der Waals surface area contributed by atoms with Crippen LogP contribution in [0.5, 0.6) is 0 Å². The number of thiophene rings is 1. The van der Waals surface area contributed by atoms with Gasteiger partial charge in [-0.2, -0.15) is 11.3 Å². The van der Waals surface area contributed by atoms with Gasteiger partial charge in [0, 0.05) is 31.9 Å². The number of anilines is 1. The molecule has 106 valence electrons. The smallest absolute Gasteiger partial charge is 0.0642 e. The number of nitrogens with one attached hydrogen (secondary N) is 1. The van der Waals surface area contributed by atoms with E-state index in [0.717, 1.165) is 39.4 Å². The van der Waals surface area contributed by atoms with Crippen molar-refractivity contribution in [3.63, 3.8) is 0 Å². The predicted molar refractivity (Wildman–Crippen MR) is 84.3 cm³/mol. The molecule has 1 aromatic carbocycles. The second-order valence-corrected chi connectivity index (χ2v) is 5.78. The lowest BCUT2D eigenvalue weighted by atomic mass is 10.2. The van der Waals surface area contributed by atoms with E-state index in [4.69, 9.17) is 4.74 Å². The molecule has 0 spiro atoms. The van der Waals surface area contributed by atoms with Crippen LogP contribution in [-0.4, -0.2) is 26.3 Å². The molecule has 0 radical (unpaired) electrons. The number of hydrogen-bond donors (Lipinski definition) is 1. The van der Waals surface area contributed by atoms with Gasteiger partial charge in [-0.1, -0.05) is 12.1 Å². The molecular formula is C16H20N2OS. The highest BCUT2D eigenvalue weighted by atomic mass is 32.1. The van der Waals surface area contributed by atoms with E-state index in [-0.39, 0.29) is 0 Å². The van der Waals surface area contributed by atoms with Crippen molar-refractivity contribution in [2.75, 3.05) is 31.2 Å². The van der Waals surface area contributed by atoms with E-state index in [1.807, 2.05) is 0 Å². The van der Waals surface area contributed by atoms with Gasteiger partial charge in [0.2, 0.25) is 0 Å². The standard InChI is InChI=1S/C16H20N2OS/c1-3-16(18-6-8-19-9-7-18)4-2-14(1)11-17-12-15-5-10-20-13-15/h1-5,10,13,17H,6-9,11-12H2. The number of nitrogens with zero attached hydrogens (tertiary/aromatic N) is 1. The summed E-state index contributed by atoms with van der Waals surface area (Å²) in [5, 5.41) is 7.78. The van der Waals surface area contributed by atoms with Crippen LogP contribution in [0.1, 0.15) is 11.1 Å². The van der Waals surface area contributed by atoms with Crippen molar-refractivity contribution in [1.29, 1.82) is 0 Å². The summed E-state index contributed by atoms with van der Waals surface area (Å²) in [4.78, 5) is 2.38. The largest absolute Gasteiger partial charge is 0.378 e. The van der Waals surface area contributed by atoms with Crippen LogP contribution < -0.4 is 10.2 Å². The molecule has 1 aliphatic heterocycles. The molecule has 1 fully saturated rings. The van der Waals surface area contributed by atoms with Gasteiger partial charge in [0.05, 0.1) is 13.2 Å². The topological polar surface area (TPSA) is 24.5 Å². The summed E-state index contributed by atoms with van der Waals surface area (Å²) in [5.74, 6) is 0. The summed E-state index contributed by atoms with van der Waals surface area (Å²) >= 11 is 1.75. The van der Waals surface area contributed by atoms with E-state index < -0.39 is 0 Å². The van der Waals surface area contributed by atoms with E-state index in [1.54, 1.807) is 11.3 Å². The lowest BCUT2D eigenvalue weighted by Gasteiger charge is -2.28. The summed E-state index contributed by atoms with van der Waals surface area (Å²) in [5.41, 5.74) is 3.99. The first kappa shape index (κ1) is 13.6. The third-order valence-electron chi connectivity index (χ3n) is 3.55. The SMILES string of the molecule is c1cc(CNCc2ccc(N3CCOCC3)cc2)cs1. The minimum atomic E-state index is 0.837. The van der Waals surface area contributed by atoms with Crippen molar-refractivity contribution in [3.8, 4) is 0 Å². The van der Waals surface area contributed by atoms with Crippen LogP contribution >= 0.6 is 11.3 Å². The second-order valence-electron chi connectivity index (χ2n) is 5.00. The molecule has 1 aromatic heterocycles. The molecule has 2 aromatic rings. The van der Waals surface area contributed by atoms with Crippen molar-refractivity contribution in [2.45, 2.75) is 13.1 Å². The van der Waals surface area contributed by atoms with Gasteiger partial charge in [0.15, 0.2) is 0 Å². The first-order chi connectivity index (χ1) is 9.92. The first-order valence-electron chi connectivity index (χ1n) is 7.05. The van der Waals surface area contributed by atoms with E-state index in [1.165, 1.54) is 16.8 Å². The number of ether oxygens (including phenoxy) is 1. The number of hydrogen-bond acceptors (Lipinski definition) is 4. The van der Waals surface area contributed by atoms with Crippen LogP contribution in [0.4, 0.5) is 5.69 Å². The highest BCUT2D eigenvalue weighted by molar-refractivity contribution is 7.07. The molecule has 0 atom stereocenters. The lowest BCUT2D eigenvalue weighted by molar-refractivity contribution is 0.122. The summed E-state index contributed by atoms with van der Waals surface area (Å²) in [6.07, 6.45) is 0. The van der Waals surface area contributed by atoms with Crippen molar-refractivity contribution < 1.29 is 4.74 Å². The van der Waals surface area contributed by atoms with Crippen LogP contribution in [0.25, 0.3) is 0 Å². The van der Waals surface area contributed by atoms with Crippen LogP contribution in [0, 0.1) is 0 Å². The van der Waals surface area contributed by atoms with Crippen molar-refractivity contribution in [2.24, 2.45) is 0 Å². The van der Waals surface area contributed by atoms with Gasteiger partial charge in [0.1, 0.15) is 0 Å². The van der Waals surface area contributed by atoms with Gasteiger partial charge in [-0.25, -0.2) is 0 Å². The van der Waals surface area contributed by atoms with Crippen LogP contribution in [0.2, 0.25) is 0 Å². The summed E-state index contributed by atoms with van der Waals surface area (Å²) in [6, 6.07) is 11.0. The lowest BCUT2D eigenvalue weighted by Crippen LogP contribution is -2.36. The fourth-order valence-electron chi connectivity index (χ4n) is 2.39. The number of benzene rings is 1. The van der Waals surface area contributed by atoms with E-state index in [0.29, 0.717) is 0 Å². The maximum Gasteiger partial charge on any atom is 0.0642 e. The molecule has 0 amide bonds. The number of morpholine rings is 1. The van der Waals surface area contributed by atoms with Gasteiger partial charge < -0.3 is 15.0 Å². The average molecular weight is 288 g/mol. The minimum Gasteiger partial charge on any atom is -0.378 e. The molecule has 4 heteroatoms. The van der Waals surface area contributed by atoms with E-state index >= 15 is 0 Å². The molecule has 20 heavy (non-hydrogen) atoms. The molecule has 0 saturated carbocycles. The van der Waals surface area contributed by atoms with Gasteiger partial charge in [-0.3, -0.25) is 0 Å². The maximum absolute atomic E-state index is 5.38. The molecule has 0 unspecified atom stereocenters.